The van der Waals surface area contributed by atoms with E-state index >= 15 is 0 Å². The molecule has 0 saturated carbocycles. The number of amides is 2. The summed E-state index contributed by atoms with van der Waals surface area (Å²) in [5.74, 6) is -0.330. The second kappa shape index (κ2) is 8.73. The first-order valence-corrected chi connectivity index (χ1v) is 9.56. The van der Waals surface area contributed by atoms with Crippen molar-refractivity contribution in [2.75, 3.05) is 0 Å². The minimum absolute atomic E-state index is 0.154. The van der Waals surface area contributed by atoms with Crippen LogP contribution in [-0.4, -0.2) is 27.1 Å². The van der Waals surface area contributed by atoms with Gasteiger partial charge in [0.05, 0.1) is 6.54 Å². The van der Waals surface area contributed by atoms with Crippen LogP contribution in [0.1, 0.15) is 52.6 Å². The number of carbonyl (C=O) groups excluding carboxylic acids is 2. The molecule has 6 nitrogen and oxygen atoms in total. The van der Waals surface area contributed by atoms with Gasteiger partial charge in [-0.3, -0.25) is 14.3 Å². The molecule has 0 saturated heterocycles. The van der Waals surface area contributed by atoms with E-state index in [1.807, 2.05) is 55.9 Å². The maximum Gasteiger partial charge on any atom is 0.251 e. The molecule has 0 aliphatic carbocycles. The van der Waals surface area contributed by atoms with Gasteiger partial charge in [0.2, 0.25) is 0 Å². The van der Waals surface area contributed by atoms with Crippen LogP contribution in [0.2, 0.25) is 0 Å². The van der Waals surface area contributed by atoms with Crippen molar-refractivity contribution in [3.8, 4) is 0 Å². The lowest BCUT2D eigenvalue weighted by Gasteiger charge is -2.20. The lowest BCUT2D eigenvalue weighted by molar-refractivity contribution is 0.0915. The van der Waals surface area contributed by atoms with Crippen LogP contribution in [0.25, 0.3) is 0 Å². The highest BCUT2D eigenvalue weighted by atomic mass is 16.2. The number of nitrogens with zero attached hydrogens (tertiary/aromatic N) is 2. The van der Waals surface area contributed by atoms with Crippen molar-refractivity contribution in [3.05, 3.63) is 89.2 Å². The summed E-state index contributed by atoms with van der Waals surface area (Å²) >= 11 is 0. The number of rotatable bonds is 6. The number of hydrogen-bond acceptors (Lipinski definition) is 3. The number of hydrogen-bond donors (Lipinski definition) is 2. The van der Waals surface area contributed by atoms with Crippen LogP contribution >= 0.6 is 0 Å². The molecule has 0 spiro atoms. The van der Waals surface area contributed by atoms with Gasteiger partial charge in [-0.2, -0.15) is 5.10 Å². The van der Waals surface area contributed by atoms with Crippen LogP contribution in [0.3, 0.4) is 0 Å². The van der Waals surface area contributed by atoms with Gasteiger partial charge in [-0.25, -0.2) is 0 Å². The van der Waals surface area contributed by atoms with Crippen molar-refractivity contribution in [1.29, 1.82) is 0 Å². The molecule has 2 N–H and O–H groups in total. The van der Waals surface area contributed by atoms with Gasteiger partial charge in [0.25, 0.3) is 11.8 Å². The molecule has 6 heteroatoms. The Bertz CT molecular complexity index is 971. The zero-order chi connectivity index (χ0) is 20.9. The fourth-order valence-corrected chi connectivity index (χ4v) is 2.89. The van der Waals surface area contributed by atoms with Crippen LogP contribution in [0, 0.1) is 0 Å². The fourth-order valence-electron chi connectivity index (χ4n) is 2.89. The highest BCUT2D eigenvalue weighted by Crippen LogP contribution is 2.10. The maximum atomic E-state index is 12.4. The number of nitrogens with one attached hydrogen (secondary N) is 2. The molecule has 29 heavy (non-hydrogen) atoms. The smallest absolute Gasteiger partial charge is 0.251 e. The van der Waals surface area contributed by atoms with E-state index in [9.17, 15) is 9.59 Å². The Balaban J connectivity index is 1.57. The molecular formula is C23H26N4O2. The minimum atomic E-state index is -0.306. The minimum Gasteiger partial charge on any atom is -0.348 e. The van der Waals surface area contributed by atoms with E-state index in [4.69, 9.17) is 0 Å². The molecule has 0 aliphatic rings. The Morgan fingerprint density at radius 3 is 2.21 bits per heavy atom. The lowest BCUT2D eigenvalue weighted by Crippen LogP contribution is -2.40. The van der Waals surface area contributed by atoms with Crippen LogP contribution in [0.5, 0.6) is 0 Å². The summed E-state index contributed by atoms with van der Waals surface area (Å²) in [6, 6.07) is 16.6. The van der Waals surface area contributed by atoms with Gasteiger partial charge < -0.3 is 10.6 Å². The summed E-state index contributed by atoms with van der Waals surface area (Å²) in [7, 11) is 0. The van der Waals surface area contributed by atoms with E-state index in [0.29, 0.717) is 24.2 Å². The van der Waals surface area contributed by atoms with Crippen LogP contribution in [-0.2, 0) is 13.1 Å². The molecule has 1 heterocycles. The first-order valence-electron chi connectivity index (χ1n) is 9.56. The Morgan fingerprint density at radius 1 is 0.931 bits per heavy atom. The Hall–Kier alpha value is -3.41. The van der Waals surface area contributed by atoms with E-state index in [2.05, 4.69) is 21.8 Å². The van der Waals surface area contributed by atoms with Crippen LogP contribution in [0.4, 0.5) is 0 Å². The number of aromatic nitrogens is 2. The predicted molar refractivity (Wildman–Crippen MR) is 113 cm³/mol. The standard InChI is InChI=1S/C23H26N4O2/c1-23(2,3)26-22(29)20-10-8-19(9-11-20)21(28)24-15-17-6-4-7-18(14-17)16-27-13-5-12-25-27/h4-14H,15-16H2,1-3H3,(H,24,28)(H,26,29). The molecule has 2 aromatic carbocycles. The molecule has 0 fully saturated rings. The highest BCUT2D eigenvalue weighted by Gasteiger charge is 2.15. The topological polar surface area (TPSA) is 76.0 Å². The summed E-state index contributed by atoms with van der Waals surface area (Å²) in [6.45, 7) is 6.90. The molecule has 0 bridgehead atoms. The SMILES string of the molecule is CC(C)(C)NC(=O)c1ccc(C(=O)NCc2cccc(Cn3cccn3)c2)cc1. The van der Waals surface area contributed by atoms with Crippen molar-refractivity contribution < 1.29 is 9.59 Å². The molecular weight excluding hydrogens is 364 g/mol. The van der Waals surface area contributed by atoms with Gasteiger partial charge in [0, 0.05) is 35.6 Å². The molecule has 3 aromatic rings. The first-order chi connectivity index (χ1) is 13.8. The normalized spacial score (nSPS) is 11.1. The quantitative estimate of drug-likeness (QED) is 0.677. The summed E-state index contributed by atoms with van der Waals surface area (Å²) in [6.07, 6.45) is 3.67. The average molecular weight is 390 g/mol. The van der Waals surface area contributed by atoms with Crippen molar-refractivity contribution in [3.63, 3.8) is 0 Å². The van der Waals surface area contributed by atoms with E-state index in [-0.39, 0.29) is 17.4 Å². The molecule has 0 radical (unpaired) electrons. The molecule has 1 aromatic heterocycles. The third-order valence-corrected chi connectivity index (χ3v) is 4.25. The van der Waals surface area contributed by atoms with E-state index < -0.39 is 0 Å². The van der Waals surface area contributed by atoms with Crippen molar-refractivity contribution in [1.82, 2.24) is 20.4 Å². The van der Waals surface area contributed by atoms with Gasteiger partial charge in [-0.15, -0.1) is 0 Å². The highest BCUT2D eigenvalue weighted by molar-refractivity contribution is 5.98. The molecule has 0 unspecified atom stereocenters. The van der Waals surface area contributed by atoms with Crippen LogP contribution in [0.15, 0.2) is 67.0 Å². The molecule has 2 amide bonds. The van der Waals surface area contributed by atoms with E-state index in [1.54, 1.807) is 30.5 Å². The van der Waals surface area contributed by atoms with Crippen LogP contribution < -0.4 is 10.6 Å². The zero-order valence-corrected chi connectivity index (χ0v) is 17.0. The second-order valence-electron chi connectivity index (χ2n) is 7.99. The third-order valence-electron chi connectivity index (χ3n) is 4.25. The Labute approximate surface area is 170 Å². The van der Waals surface area contributed by atoms with Crippen molar-refractivity contribution in [2.24, 2.45) is 0 Å². The summed E-state index contributed by atoms with van der Waals surface area (Å²) < 4.78 is 1.86. The van der Waals surface area contributed by atoms with E-state index in [0.717, 1.165) is 11.1 Å². The Kier molecular flexibility index (Phi) is 6.12. The van der Waals surface area contributed by atoms with Crippen molar-refractivity contribution >= 4 is 11.8 Å². The summed E-state index contributed by atoms with van der Waals surface area (Å²) in [5.41, 5.74) is 2.88. The zero-order valence-electron chi connectivity index (χ0n) is 17.0. The largest absolute Gasteiger partial charge is 0.348 e. The van der Waals surface area contributed by atoms with Gasteiger partial charge in [0.1, 0.15) is 0 Å². The molecule has 0 atom stereocenters. The monoisotopic (exact) mass is 390 g/mol. The summed E-state index contributed by atoms with van der Waals surface area (Å²) in [5, 5.41) is 10.0. The van der Waals surface area contributed by atoms with Crippen molar-refractivity contribution in [2.45, 2.75) is 39.4 Å². The average Bonchev–Trinajstić information content (AvgIpc) is 3.18. The van der Waals surface area contributed by atoms with Gasteiger partial charge in [-0.05, 0) is 62.2 Å². The molecule has 150 valence electrons. The maximum absolute atomic E-state index is 12.4. The van der Waals surface area contributed by atoms with Gasteiger partial charge in [0.15, 0.2) is 0 Å². The molecule has 0 aliphatic heterocycles. The first kappa shape index (κ1) is 20.3. The predicted octanol–water partition coefficient (Wildman–Crippen LogP) is 3.39. The third kappa shape index (κ3) is 6.04. The summed E-state index contributed by atoms with van der Waals surface area (Å²) in [4.78, 5) is 24.6. The molecule has 3 rings (SSSR count). The van der Waals surface area contributed by atoms with Gasteiger partial charge in [-0.1, -0.05) is 24.3 Å². The fraction of sp³-hybridized carbons (Fsp3) is 0.261. The Morgan fingerprint density at radius 2 is 1.59 bits per heavy atom. The lowest BCUT2D eigenvalue weighted by atomic mass is 10.1. The second-order valence-corrected chi connectivity index (χ2v) is 7.99. The van der Waals surface area contributed by atoms with Gasteiger partial charge >= 0.3 is 0 Å². The van der Waals surface area contributed by atoms with E-state index in [1.165, 1.54) is 0 Å². The number of benzene rings is 2. The number of carbonyl (C=O) groups is 2.